The number of hydrogen-bond donors (Lipinski definition) is 0. The summed E-state index contributed by atoms with van der Waals surface area (Å²) < 4.78 is 16.1. The molecule has 0 unspecified atom stereocenters. The minimum atomic E-state index is 0.157. The van der Waals surface area contributed by atoms with E-state index in [1.807, 2.05) is 42.2 Å². The zero-order chi connectivity index (χ0) is 20.9. The Balaban J connectivity index is 1.30. The molecule has 7 nitrogen and oxygen atoms in total. The lowest BCUT2D eigenvalue weighted by atomic mass is 10.2. The first-order valence-electron chi connectivity index (χ1n) is 10.4. The summed E-state index contributed by atoms with van der Waals surface area (Å²) >= 11 is 0. The predicted molar refractivity (Wildman–Crippen MR) is 115 cm³/mol. The van der Waals surface area contributed by atoms with Gasteiger partial charge in [-0.15, -0.1) is 0 Å². The van der Waals surface area contributed by atoms with Crippen LogP contribution in [0.3, 0.4) is 0 Å². The Kier molecular flexibility index (Phi) is 6.28. The molecule has 1 fully saturated rings. The third-order valence-electron chi connectivity index (χ3n) is 5.69. The second-order valence-corrected chi connectivity index (χ2v) is 7.56. The number of rotatable bonds is 7. The highest BCUT2D eigenvalue weighted by Gasteiger charge is 2.22. The van der Waals surface area contributed by atoms with Crippen LogP contribution in [0.1, 0.15) is 12.5 Å². The maximum absolute atomic E-state index is 12.9. The van der Waals surface area contributed by atoms with Crippen molar-refractivity contribution in [3.8, 4) is 17.2 Å². The van der Waals surface area contributed by atoms with E-state index in [0.717, 1.165) is 49.0 Å². The van der Waals surface area contributed by atoms with Crippen molar-refractivity contribution in [1.82, 2.24) is 9.80 Å². The van der Waals surface area contributed by atoms with Gasteiger partial charge in [0.15, 0.2) is 11.5 Å². The van der Waals surface area contributed by atoms with Gasteiger partial charge in [-0.25, -0.2) is 0 Å². The first kappa shape index (κ1) is 20.3. The van der Waals surface area contributed by atoms with E-state index in [2.05, 4.69) is 21.9 Å². The number of ether oxygens (including phenoxy) is 3. The van der Waals surface area contributed by atoms with E-state index >= 15 is 0 Å². The molecular formula is C23H29N3O4. The second-order valence-electron chi connectivity index (χ2n) is 7.56. The highest BCUT2D eigenvalue weighted by Crippen LogP contribution is 2.32. The zero-order valence-corrected chi connectivity index (χ0v) is 17.7. The molecule has 2 heterocycles. The van der Waals surface area contributed by atoms with E-state index in [4.69, 9.17) is 14.2 Å². The molecule has 2 aromatic carbocycles. The van der Waals surface area contributed by atoms with Crippen LogP contribution < -0.4 is 19.1 Å². The molecule has 0 saturated carbocycles. The van der Waals surface area contributed by atoms with E-state index in [-0.39, 0.29) is 12.7 Å². The highest BCUT2D eigenvalue weighted by molar-refractivity contribution is 5.78. The molecule has 30 heavy (non-hydrogen) atoms. The van der Waals surface area contributed by atoms with Crippen LogP contribution in [-0.2, 0) is 11.3 Å². The van der Waals surface area contributed by atoms with E-state index in [1.54, 1.807) is 7.11 Å². The molecule has 0 N–H and O–H groups in total. The molecule has 1 amide bonds. The van der Waals surface area contributed by atoms with Crippen LogP contribution in [0.15, 0.2) is 42.5 Å². The van der Waals surface area contributed by atoms with Crippen LogP contribution in [0.25, 0.3) is 0 Å². The molecule has 2 aliphatic rings. The number of benzene rings is 2. The van der Waals surface area contributed by atoms with Gasteiger partial charge in [0.1, 0.15) is 5.75 Å². The van der Waals surface area contributed by atoms with Crippen molar-refractivity contribution in [2.24, 2.45) is 0 Å². The number of fused-ring (bicyclic) bond motifs is 1. The van der Waals surface area contributed by atoms with Crippen LogP contribution in [0.2, 0.25) is 0 Å². The molecule has 160 valence electrons. The van der Waals surface area contributed by atoms with Gasteiger partial charge in [-0.2, -0.15) is 0 Å². The minimum absolute atomic E-state index is 0.157. The van der Waals surface area contributed by atoms with Gasteiger partial charge in [0.25, 0.3) is 0 Å². The van der Waals surface area contributed by atoms with E-state index in [9.17, 15) is 4.79 Å². The molecule has 7 heteroatoms. The van der Waals surface area contributed by atoms with Gasteiger partial charge in [-0.3, -0.25) is 9.69 Å². The highest BCUT2D eigenvalue weighted by atomic mass is 16.7. The maximum atomic E-state index is 12.9. The number of piperazine rings is 1. The fourth-order valence-electron chi connectivity index (χ4n) is 3.90. The quantitative estimate of drug-likeness (QED) is 0.698. The number of nitrogens with zero attached hydrogens (tertiary/aromatic N) is 3. The normalized spacial score (nSPS) is 15.9. The number of carbonyl (C=O) groups is 1. The van der Waals surface area contributed by atoms with Gasteiger partial charge in [0.2, 0.25) is 12.7 Å². The molecule has 0 aliphatic carbocycles. The van der Waals surface area contributed by atoms with E-state index < -0.39 is 0 Å². The molecule has 2 aromatic rings. The third-order valence-corrected chi connectivity index (χ3v) is 5.69. The van der Waals surface area contributed by atoms with Crippen molar-refractivity contribution in [1.29, 1.82) is 0 Å². The Morgan fingerprint density at radius 2 is 1.87 bits per heavy atom. The Bertz CT molecular complexity index is 881. The lowest BCUT2D eigenvalue weighted by molar-refractivity contribution is -0.132. The maximum Gasteiger partial charge on any atom is 0.237 e. The summed E-state index contributed by atoms with van der Waals surface area (Å²) in [4.78, 5) is 19.4. The van der Waals surface area contributed by atoms with E-state index in [0.29, 0.717) is 19.6 Å². The van der Waals surface area contributed by atoms with Gasteiger partial charge in [0.05, 0.1) is 13.7 Å². The number of likely N-dealkylation sites (N-methyl/N-ethyl adjacent to an activating group) is 1. The molecular weight excluding hydrogens is 382 g/mol. The van der Waals surface area contributed by atoms with Gasteiger partial charge < -0.3 is 24.0 Å². The molecule has 0 radical (unpaired) electrons. The Hall–Kier alpha value is -2.93. The predicted octanol–water partition coefficient (Wildman–Crippen LogP) is 2.59. The molecule has 0 atom stereocenters. The fraction of sp³-hybridized carbons (Fsp3) is 0.435. The van der Waals surface area contributed by atoms with Gasteiger partial charge in [-0.05, 0) is 36.8 Å². The lowest BCUT2D eigenvalue weighted by Gasteiger charge is -2.36. The number of carbonyl (C=O) groups excluding carboxylic acids is 1. The van der Waals surface area contributed by atoms with Crippen molar-refractivity contribution in [3.63, 3.8) is 0 Å². The van der Waals surface area contributed by atoms with Crippen molar-refractivity contribution in [3.05, 3.63) is 48.0 Å². The van der Waals surface area contributed by atoms with Gasteiger partial charge >= 0.3 is 0 Å². The Morgan fingerprint density at radius 1 is 1.07 bits per heavy atom. The number of methoxy groups -OCH3 is 1. The smallest absolute Gasteiger partial charge is 0.237 e. The molecule has 0 aromatic heterocycles. The third kappa shape index (κ3) is 4.62. The summed E-state index contributed by atoms with van der Waals surface area (Å²) in [6, 6.07) is 14.0. The van der Waals surface area contributed by atoms with Crippen LogP contribution in [0.4, 0.5) is 5.69 Å². The molecule has 0 bridgehead atoms. The molecule has 4 rings (SSSR count). The molecule has 2 aliphatic heterocycles. The average molecular weight is 412 g/mol. The number of amides is 1. The van der Waals surface area contributed by atoms with Crippen molar-refractivity contribution in [2.45, 2.75) is 13.5 Å². The van der Waals surface area contributed by atoms with Crippen molar-refractivity contribution < 1.29 is 19.0 Å². The summed E-state index contributed by atoms with van der Waals surface area (Å²) in [6.07, 6.45) is 0. The number of anilines is 1. The SMILES string of the molecule is CCN(Cc1ccc2c(c1)OCO2)C(=O)CN1CCN(c2cccc(OC)c2)CC1. The van der Waals surface area contributed by atoms with Crippen LogP contribution in [0.5, 0.6) is 17.2 Å². The topological polar surface area (TPSA) is 54.5 Å². The summed E-state index contributed by atoms with van der Waals surface area (Å²) in [5.41, 5.74) is 2.22. The lowest BCUT2D eigenvalue weighted by Crippen LogP contribution is -2.50. The van der Waals surface area contributed by atoms with Crippen LogP contribution >= 0.6 is 0 Å². The van der Waals surface area contributed by atoms with Gasteiger partial charge in [0, 0.05) is 51.0 Å². The summed E-state index contributed by atoms with van der Waals surface area (Å²) in [6.45, 7) is 7.51. The van der Waals surface area contributed by atoms with Crippen LogP contribution in [-0.4, -0.2) is 68.9 Å². The second kappa shape index (κ2) is 9.26. The van der Waals surface area contributed by atoms with E-state index in [1.165, 1.54) is 5.69 Å². The Labute approximate surface area is 177 Å². The average Bonchev–Trinajstić information content (AvgIpc) is 3.26. The summed E-state index contributed by atoms with van der Waals surface area (Å²) in [5.74, 6) is 2.55. The first-order valence-corrected chi connectivity index (χ1v) is 10.4. The standard InChI is InChI=1S/C23H29N3O4/c1-3-25(15-18-7-8-21-22(13-18)30-17-29-21)23(27)16-24-9-11-26(12-10-24)19-5-4-6-20(14-19)28-2/h4-8,13-14H,3,9-12,15-17H2,1-2H3. The van der Waals surface area contributed by atoms with Crippen LogP contribution in [0, 0.1) is 0 Å². The van der Waals surface area contributed by atoms with Gasteiger partial charge in [-0.1, -0.05) is 12.1 Å². The molecule has 1 saturated heterocycles. The summed E-state index contributed by atoms with van der Waals surface area (Å²) in [5, 5.41) is 0. The monoisotopic (exact) mass is 411 g/mol. The minimum Gasteiger partial charge on any atom is -0.497 e. The Morgan fingerprint density at radius 3 is 2.63 bits per heavy atom. The van der Waals surface area contributed by atoms with Crippen molar-refractivity contribution in [2.75, 3.05) is 58.1 Å². The first-order chi connectivity index (χ1) is 14.7. The summed E-state index contributed by atoms with van der Waals surface area (Å²) in [7, 11) is 1.69. The fourth-order valence-corrected chi connectivity index (χ4v) is 3.90. The molecule has 0 spiro atoms. The zero-order valence-electron chi connectivity index (χ0n) is 17.7. The largest absolute Gasteiger partial charge is 0.497 e. The van der Waals surface area contributed by atoms with Crippen molar-refractivity contribution >= 4 is 11.6 Å². The number of hydrogen-bond acceptors (Lipinski definition) is 6.